The van der Waals surface area contributed by atoms with E-state index in [9.17, 15) is 0 Å². The highest BCUT2D eigenvalue weighted by atomic mass is 79.9. The summed E-state index contributed by atoms with van der Waals surface area (Å²) in [5.74, 6) is 0.751. The topological polar surface area (TPSA) is 42.4 Å². The molecule has 1 aromatic heterocycles. The van der Waals surface area contributed by atoms with Crippen LogP contribution in [0.5, 0.6) is 5.75 Å². The van der Waals surface area contributed by atoms with Gasteiger partial charge in [-0.15, -0.1) is 11.3 Å². The van der Waals surface area contributed by atoms with E-state index >= 15 is 0 Å². The van der Waals surface area contributed by atoms with E-state index in [0.29, 0.717) is 6.61 Å². The second-order valence-corrected chi connectivity index (χ2v) is 6.26. The SMILES string of the molecule is OCc1ccc(OCc2nc3ccccc3s2)c(Br)c1. The summed E-state index contributed by atoms with van der Waals surface area (Å²) in [6.45, 7) is 0.465. The molecule has 0 aliphatic carbocycles. The van der Waals surface area contributed by atoms with Gasteiger partial charge in [0, 0.05) is 0 Å². The van der Waals surface area contributed by atoms with Crippen molar-refractivity contribution in [3.63, 3.8) is 0 Å². The van der Waals surface area contributed by atoms with E-state index in [0.717, 1.165) is 26.3 Å². The summed E-state index contributed by atoms with van der Waals surface area (Å²) in [5.41, 5.74) is 1.86. The van der Waals surface area contributed by atoms with Gasteiger partial charge in [0.15, 0.2) is 0 Å². The maximum absolute atomic E-state index is 9.07. The van der Waals surface area contributed by atoms with Gasteiger partial charge >= 0.3 is 0 Å². The number of benzene rings is 2. The van der Waals surface area contributed by atoms with Crippen molar-refractivity contribution in [3.05, 3.63) is 57.5 Å². The fraction of sp³-hybridized carbons (Fsp3) is 0.133. The van der Waals surface area contributed by atoms with Crippen LogP contribution in [0.3, 0.4) is 0 Å². The zero-order chi connectivity index (χ0) is 13.9. The molecule has 0 aliphatic heterocycles. The first-order chi connectivity index (χ1) is 9.76. The van der Waals surface area contributed by atoms with Crippen molar-refractivity contribution in [3.8, 4) is 5.75 Å². The molecule has 0 radical (unpaired) electrons. The number of halogens is 1. The standard InChI is InChI=1S/C15H12BrNO2S/c16-11-7-10(8-18)5-6-13(11)19-9-15-17-12-3-1-2-4-14(12)20-15/h1-7,18H,8-9H2. The summed E-state index contributed by atoms with van der Waals surface area (Å²) in [4.78, 5) is 4.53. The lowest BCUT2D eigenvalue weighted by Crippen LogP contribution is -1.96. The molecule has 2 aromatic carbocycles. The van der Waals surface area contributed by atoms with Gasteiger partial charge in [-0.2, -0.15) is 0 Å². The molecule has 0 fully saturated rings. The molecule has 0 unspecified atom stereocenters. The number of para-hydroxylation sites is 1. The number of nitrogens with zero attached hydrogens (tertiary/aromatic N) is 1. The van der Waals surface area contributed by atoms with Crippen molar-refractivity contribution < 1.29 is 9.84 Å². The van der Waals surface area contributed by atoms with Crippen LogP contribution in [0.2, 0.25) is 0 Å². The normalized spacial score (nSPS) is 10.9. The molecule has 20 heavy (non-hydrogen) atoms. The van der Waals surface area contributed by atoms with E-state index in [1.54, 1.807) is 11.3 Å². The van der Waals surface area contributed by atoms with Crippen LogP contribution in [-0.4, -0.2) is 10.1 Å². The Balaban J connectivity index is 1.75. The lowest BCUT2D eigenvalue weighted by molar-refractivity contribution is 0.280. The van der Waals surface area contributed by atoms with Crippen LogP contribution < -0.4 is 4.74 Å². The van der Waals surface area contributed by atoms with Gasteiger partial charge in [0.2, 0.25) is 0 Å². The number of aliphatic hydroxyl groups excluding tert-OH is 1. The number of aromatic nitrogens is 1. The predicted octanol–water partition coefficient (Wildman–Crippen LogP) is 4.13. The average Bonchev–Trinajstić information content (AvgIpc) is 2.88. The van der Waals surface area contributed by atoms with Crippen LogP contribution in [0.25, 0.3) is 10.2 Å². The number of hydrogen-bond acceptors (Lipinski definition) is 4. The van der Waals surface area contributed by atoms with Crippen molar-refractivity contribution in [1.82, 2.24) is 4.98 Å². The van der Waals surface area contributed by atoms with Crippen molar-refractivity contribution in [2.75, 3.05) is 0 Å². The third kappa shape index (κ3) is 2.85. The Hall–Kier alpha value is -1.43. The lowest BCUT2D eigenvalue weighted by atomic mass is 10.2. The Morgan fingerprint density at radius 1 is 1.20 bits per heavy atom. The third-order valence-corrected chi connectivity index (χ3v) is 4.50. The molecule has 0 atom stereocenters. The molecule has 1 N–H and O–H groups in total. The Labute approximate surface area is 129 Å². The van der Waals surface area contributed by atoms with Gasteiger partial charge in [-0.3, -0.25) is 0 Å². The lowest BCUT2D eigenvalue weighted by Gasteiger charge is -2.07. The van der Waals surface area contributed by atoms with E-state index < -0.39 is 0 Å². The quantitative estimate of drug-likeness (QED) is 0.769. The highest BCUT2D eigenvalue weighted by molar-refractivity contribution is 9.10. The first kappa shape index (κ1) is 13.5. The number of ether oxygens (including phenoxy) is 1. The number of hydrogen-bond donors (Lipinski definition) is 1. The molecule has 5 heteroatoms. The Morgan fingerprint density at radius 3 is 2.80 bits per heavy atom. The molecule has 102 valence electrons. The zero-order valence-electron chi connectivity index (χ0n) is 10.5. The second kappa shape index (κ2) is 5.91. The maximum atomic E-state index is 9.07. The number of thiazole rings is 1. The first-order valence-electron chi connectivity index (χ1n) is 6.13. The summed E-state index contributed by atoms with van der Waals surface area (Å²) >= 11 is 5.08. The van der Waals surface area contributed by atoms with Gasteiger partial charge in [-0.25, -0.2) is 4.98 Å². The van der Waals surface area contributed by atoms with Crippen molar-refractivity contribution in [1.29, 1.82) is 0 Å². The fourth-order valence-corrected chi connectivity index (χ4v) is 3.30. The van der Waals surface area contributed by atoms with Crippen molar-refractivity contribution in [2.45, 2.75) is 13.2 Å². The smallest absolute Gasteiger partial charge is 0.140 e. The molecule has 1 heterocycles. The summed E-state index contributed by atoms with van der Waals surface area (Å²) in [6, 6.07) is 13.6. The van der Waals surface area contributed by atoms with E-state index in [1.807, 2.05) is 36.4 Å². The molecule has 0 spiro atoms. The van der Waals surface area contributed by atoms with E-state index in [2.05, 4.69) is 27.0 Å². The Bertz CT molecular complexity index is 709. The molecule has 3 nitrogen and oxygen atoms in total. The van der Waals surface area contributed by atoms with Crippen LogP contribution in [0, 0.1) is 0 Å². The molecule has 3 aromatic rings. The van der Waals surface area contributed by atoms with Gasteiger partial charge in [0.1, 0.15) is 17.4 Å². The summed E-state index contributed by atoms with van der Waals surface area (Å²) in [7, 11) is 0. The van der Waals surface area contributed by atoms with Crippen LogP contribution in [0.15, 0.2) is 46.9 Å². The molecule has 0 saturated heterocycles. The van der Waals surface area contributed by atoms with Crippen LogP contribution in [0.1, 0.15) is 10.6 Å². The summed E-state index contributed by atoms with van der Waals surface area (Å²) in [5, 5.41) is 10.0. The maximum Gasteiger partial charge on any atom is 0.140 e. The molecule has 0 saturated carbocycles. The minimum Gasteiger partial charge on any atom is -0.485 e. The monoisotopic (exact) mass is 349 g/mol. The van der Waals surface area contributed by atoms with Crippen molar-refractivity contribution >= 4 is 37.5 Å². The number of rotatable bonds is 4. The third-order valence-electron chi connectivity index (χ3n) is 2.87. The molecule has 0 amide bonds. The van der Waals surface area contributed by atoms with E-state index in [-0.39, 0.29) is 6.61 Å². The fourth-order valence-electron chi connectivity index (χ4n) is 1.88. The van der Waals surface area contributed by atoms with Gasteiger partial charge in [0.25, 0.3) is 0 Å². The Kier molecular flexibility index (Phi) is 4.00. The van der Waals surface area contributed by atoms with Gasteiger partial charge in [-0.05, 0) is 45.8 Å². The first-order valence-corrected chi connectivity index (χ1v) is 7.74. The summed E-state index contributed by atoms with van der Waals surface area (Å²) in [6.07, 6.45) is 0. The average molecular weight is 350 g/mol. The molecule has 3 rings (SSSR count). The van der Waals surface area contributed by atoms with E-state index in [4.69, 9.17) is 9.84 Å². The summed E-state index contributed by atoms with van der Waals surface area (Å²) < 4.78 is 7.78. The van der Waals surface area contributed by atoms with Crippen LogP contribution >= 0.6 is 27.3 Å². The highest BCUT2D eigenvalue weighted by Crippen LogP contribution is 2.28. The number of fused-ring (bicyclic) bond motifs is 1. The van der Waals surface area contributed by atoms with Gasteiger partial charge in [-0.1, -0.05) is 18.2 Å². The minimum atomic E-state index is 0.0246. The largest absolute Gasteiger partial charge is 0.485 e. The van der Waals surface area contributed by atoms with E-state index in [1.165, 1.54) is 4.70 Å². The minimum absolute atomic E-state index is 0.0246. The van der Waals surface area contributed by atoms with Crippen LogP contribution in [0.4, 0.5) is 0 Å². The van der Waals surface area contributed by atoms with Crippen molar-refractivity contribution in [2.24, 2.45) is 0 Å². The van der Waals surface area contributed by atoms with Crippen LogP contribution in [-0.2, 0) is 13.2 Å². The molecular weight excluding hydrogens is 338 g/mol. The van der Waals surface area contributed by atoms with Gasteiger partial charge < -0.3 is 9.84 Å². The zero-order valence-corrected chi connectivity index (χ0v) is 12.9. The molecule has 0 bridgehead atoms. The molecule has 0 aliphatic rings. The molecular formula is C15H12BrNO2S. The Morgan fingerprint density at radius 2 is 2.05 bits per heavy atom. The second-order valence-electron chi connectivity index (χ2n) is 4.29. The van der Waals surface area contributed by atoms with Gasteiger partial charge in [0.05, 0.1) is 21.3 Å². The highest BCUT2D eigenvalue weighted by Gasteiger charge is 2.06. The number of aliphatic hydroxyl groups is 1. The predicted molar refractivity (Wildman–Crippen MR) is 84.0 cm³/mol.